The molecule has 0 aromatic heterocycles. The van der Waals surface area contributed by atoms with Crippen molar-refractivity contribution in [3.63, 3.8) is 0 Å². The van der Waals surface area contributed by atoms with E-state index in [0.29, 0.717) is 12.1 Å². The second-order valence-corrected chi connectivity index (χ2v) is 7.88. The van der Waals surface area contributed by atoms with Crippen molar-refractivity contribution in [3.05, 3.63) is 89.0 Å². The molecule has 3 aromatic carbocycles. The zero-order valence-electron chi connectivity index (χ0n) is 17.5. The zero-order valence-corrected chi connectivity index (χ0v) is 17.5. The minimum absolute atomic E-state index is 0.0871. The van der Waals surface area contributed by atoms with Crippen LogP contribution < -0.4 is 5.32 Å². The number of carbonyl (C=O) groups is 1. The van der Waals surface area contributed by atoms with E-state index in [4.69, 9.17) is 4.74 Å². The fourth-order valence-electron chi connectivity index (χ4n) is 4.18. The Kier molecular flexibility index (Phi) is 6.57. The molecule has 0 spiro atoms. The molecule has 6 nitrogen and oxygen atoms in total. The number of aliphatic hydroxyl groups is 2. The Balaban J connectivity index is 1.30. The fourth-order valence-corrected chi connectivity index (χ4v) is 4.18. The van der Waals surface area contributed by atoms with Crippen LogP contribution >= 0.6 is 0 Å². The number of aromatic hydroxyl groups is 1. The summed E-state index contributed by atoms with van der Waals surface area (Å²) in [5.41, 5.74) is 3.60. The van der Waals surface area contributed by atoms with Crippen LogP contribution in [0.5, 0.6) is 5.75 Å². The maximum absolute atomic E-state index is 13.9. The highest BCUT2D eigenvalue weighted by Crippen LogP contribution is 2.44. The maximum atomic E-state index is 13.9. The molecular weight excluding hydrogens is 432 g/mol. The van der Waals surface area contributed by atoms with Gasteiger partial charge in [0.05, 0.1) is 11.7 Å². The number of amides is 1. The van der Waals surface area contributed by atoms with Crippen LogP contribution in [0.25, 0.3) is 11.1 Å². The van der Waals surface area contributed by atoms with E-state index in [1.165, 1.54) is 0 Å². The molecule has 8 heteroatoms. The number of phenolic OH excluding ortho intramolecular Hbond substituents is 1. The third kappa shape index (κ3) is 4.67. The van der Waals surface area contributed by atoms with E-state index < -0.39 is 41.2 Å². The van der Waals surface area contributed by atoms with E-state index in [2.05, 4.69) is 5.32 Å². The van der Waals surface area contributed by atoms with Gasteiger partial charge in [-0.15, -0.1) is 0 Å². The number of aliphatic hydroxyl groups excluding tert-OH is 2. The van der Waals surface area contributed by atoms with E-state index >= 15 is 0 Å². The number of hydrogen-bond acceptors (Lipinski definition) is 5. The third-order valence-electron chi connectivity index (χ3n) is 5.78. The lowest BCUT2D eigenvalue weighted by atomic mass is 9.98. The molecule has 4 N–H and O–H groups in total. The summed E-state index contributed by atoms with van der Waals surface area (Å²) in [6.45, 7) is 0.0329. The van der Waals surface area contributed by atoms with Gasteiger partial charge >= 0.3 is 6.09 Å². The summed E-state index contributed by atoms with van der Waals surface area (Å²) >= 11 is 0. The largest absolute Gasteiger partial charge is 0.508 e. The molecule has 0 fully saturated rings. The van der Waals surface area contributed by atoms with E-state index in [9.17, 15) is 28.9 Å². The van der Waals surface area contributed by atoms with E-state index in [1.54, 1.807) is 0 Å². The predicted octanol–water partition coefficient (Wildman–Crippen LogP) is 3.99. The predicted molar refractivity (Wildman–Crippen MR) is 117 cm³/mol. The molecule has 1 amide bonds. The summed E-state index contributed by atoms with van der Waals surface area (Å²) in [5.74, 6) is -3.09. The number of hydrogen-bond donors (Lipinski definition) is 4. The lowest BCUT2D eigenvalue weighted by molar-refractivity contribution is 0.00941. The summed E-state index contributed by atoms with van der Waals surface area (Å²) in [6, 6.07) is 17.1. The third-order valence-corrected chi connectivity index (χ3v) is 5.78. The summed E-state index contributed by atoms with van der Waals surface area (Å²) < 4.78 is 33.1. The lowest BCUT2D eigenvalue weighted by Gasteiger charge is -2.20. The van der Waals surface area contributed by atoms with Gasteiger partial charge in [0.15, 0.2) is 0 Å². The number of fused-ring (bicyclic) bond motifs is 3. The van der Waals surface area contributed by atoms with Crippen molar-refractivity contribution in [1.82, 2.24) is 5.32 Å². The van der Waals surface area contributed by atoms with Crippen molar-refractivity contribution in [1.29, 1.82) is 0 Å². The second-order valence-electron chi connectivity index (χ2n) is 7.88. The molecular formula is C25H23F2NO5. The first-order valence-corrected chi connectivity index (χ1v) is 10.5. The van der Waals surface area contributed by atoms with Crippen LogP contribution in [0.1, 0.15) is 35.1 Å². The molecule has 2 atom stereocenters. The SMILES string of the molecule is O=C(NCCC(O)C(O)c1c(F)cc(O)cc1F)OCC1c2ccccc2-c2ccccc21. The first-order valence-electron chi connectivity index (χ1n) is 10.5. The number of ether oxygens (including phenoxy) is 1. The second kappa shape index (κ2) is 9.56. The highest BCUT2D eigenvalue weighted by atomic mass is 19.1. The number of carbonyl (C=O) groups excluding carboxylic acids is 1. The summed E-state index contributed by atoms with van der Waals surface area (Å²) in [6.07, 6.45) is -4.30. The average molecular weight is 455 g/mol. The van der Waals surface area contributed by atoms with Crippen molar-refractivity contribution in [2.45, 2.75) is 24.5 Å². The molecule has 0 saturated heterocycles. The van der Waals surface area contributed by atoms with E-state index in [-0.39, 0.29) is 25.5 Å². The van der Waals surface area contributed by atoms with Gasteiger partial charge in [-0.05, 0) is 28.7 Å². The molecule has 0 heterocycles. The van der Waals surface area contributed by atoms with E-state index in [0.717, 1.165) is 22.3 Å². The quantitative estimate of drug-likeness (QED) is 0.432. The van der Waals surface area contributed by atoms with Gasteiger partial charge in [0.25, 0.3) is 0 Å². The van der Waals surface area contributed by atoms with Crippen molar-refractivity contribution >= 4 is 6.09 Å². The molecule has 33 heavy (non-hydrogen) atoms. The first kappa shape index (κ1) is 22.7. The highest BCUT2D eigenvalue weighted by Gasteiger charge is 2.29. The number of halogens is 2. The van der Waals surface area contributed by atoms with Gasteiger partial charge in [0.2, 0.25) is 0 Å². The Hall–Kier alpha value is -3.49. The summed E-state index contributed by atoms with van der Waals surface area (Å²) in [7, 11) is 0. The average Bonchev–Trinajstić information content (AvgIpc) is 3.10. The summed E-state index contributed by atoms with van der Waals surface area (Å²) in [4.78, 5) is 12.2. The van der Waals surface area contributed by atoms with Crippen molar-refractivity contribution in [3.8, 4) is 16.9 Å². The molecule has 172 valence electrons. The van der Waals surface area contributed by atoms with Crippen molar-refractivity contribution < 1.29 is 33.6 Å². The monoisotopic (exact) mass is 455 g/mol. The van der Waals surface area contributed by atoms with Crippen LogP contribution in [-0.4, -0.2) is 40.7 Å². The zero-order chi connectivity index (χ0) is 23.5. The Morgan fingerprint density at radius 3 is 2.09 bits per heavy atom. The molecule has 2 unspecified atom stereocenters. The van der Waals surface area contributed by atoms with Crippen LogP contribution in [-0.2, 0) is 4.74 Å². The molecule has 1 aliphatic rings. The number of nitrogens with one attached hydrogen (secondary N) is 1. The van der Waals surface area contributed by atoms with Gasteiger partial charge in [0.1, 0.15) is 30.1 Å². The molecule has 3 aromatic rings. The van der Waals surface area contributed by atoms with Gasteiger partial charge < -0.3 is 25.4 Å². The Morgan fingerprint density at radius 1 is 0.970 bits per heavy atom. The molecule has 4 rings (SSSR count). The van der Waals surface area contributed by atoms with Crippen LogP contribution in [0.2, 0.25) is 0 Å². The van der Waals surface area contributed by atoms with Gasteiger partial charge in [-0.2, -0.15) is 0 Å². The number of phenols is 1. The first-order chi connectivity index (χ1) is 15.9. The maximum Gasteiger partial charge on any atom is 0.407 e. The van der Waals surface area contributed by atoms with Crippen LogP contribution in [0.4, 0.5) is 13.6 Å². The minimum atomic E-state index is -1.87. The van der Waals surface area contributed by atoms with Crippen LogP contribution in [0.3, 0.4) is 0 Å². The Labute approximate surface area is 189 Å². The van der Waals surface area contributed by atoms with Gasteiger partial charge in [-0.25, -0.2) is 13.6 Å². The molecule has 0 aliphatic heterocycles. The normalized spacial score (nSPS) is 14.3. The van der Waals surface area contributed by atoms with Crippen LogP contribution in [0.15, 0.2) is 60.7 Å². The summed E-state index contributed by atoms with van der Waals surface area (Å²) in [5, 5.41) is 31.8. The van der Waals surface area contributed by atoms with Gasteiger partial charge in [0, 0.05) is 24.6 Å². The smallest absolute Gasteiger partial charge is 0.407 e. The fraction of sp³-hybridized carbons (Fsp3) is 0.240. The number of benzene rings is 3. The molecule has 0 bridgehead atoms. The topological polar surface area (TPSA) is 99.0 Å². The van der Waals surface area contributed by atoms with E-state index in [1.807, 2.05) is 48.5 Å². The Morgan fingerprint density at radius 2 is 1.52 bits per heavy atom. The number of alkyl carbamates (subject to hydrolysis) is 1. The van der Waals surface area contributed by atoms with Gasteiger partial charge in [-0.3, -0.25) is 0 Å². The van der Waals surface area contributed by atoms with Crippen molar-refractivity contribution in [2.24, 2.45) is 0 Å². The molecule has 0 radical (unpaired) electrons. The Bertz CT molecular complexity index is 1100. The van der Waals surface area contributed by atoms with Crippen molar-refractivity contribution in [2.75, 3.05) is 13.2 Å². The molecule has 1 aliphatic carbocycles. The minimum Gasteiger partial charge on any atom is -0.508 e. The van der Waals surface area contributed by atoms with Gasteiger partial charge in [-0.1, -0.05) is 48.5 Å². The lowest BCUT2D eigenvalue weighted by Crippen LogP contribution is -2.31. The number of rotatable bonds is 7. The molecule has 0 saturated carbocycles. The highest BCUT2D eigenvalue weighted by molar-refractivity contribution is 5.79. The standard InChI is InChI=1S/C25H23F2NO5/c26-20-11-14(29)12-21(27)23(20)24(31)22(30)9-10-28-25(32)33-13-19-17-7-3-1-5-15(17)16-6-2-4-8-18(16)19/h1-8,11-12,19,22,24,29-31H,9-10,13H2,(H,28,32). The van der Waals surface area contributed by atoms with Crippen LogP contribution in [0, 0.1) is 11.6 Å².